The Hall–Kier alpha value is -4.01. The van der Waals surface area contributed by atoms with Gasteiger partial charge in [0.2, 0.25) is 0 Å². The minimum Gasteiger partial charge on any atom is -0.378 e. The summed E-state index contributed by atoms with van der Waals surface area (Å²) in [5.74, 6) is -0.197. The summed E-state index contributed by atoms with van der Waals surface area (Å²) in [5.41, 5.74) is 2.75. The fraction of sp³-hybridized carbons (Fsp3) is 0.320. The summed E-state index contributed by atoms with van der Waals surface area (Å²) in [4.78, 5) is 50.6. The minimum atomic E-state index is -0.473. The van der Waals surface area contributed by atoms with E-state index in [-0.39, 0.29) is 34.7 Å². The highest BCUT2D eigenvalue weighted by Gasteiger charge is 2.37. The van der Waals surface area contributed by atoms with E-state index in [0.717, 1.165) is 17.8 Å². The van der Waals surface area contributed by atoms with E-state index < -0.39 is 5.91 Å². The Balaban J connectivity index is 1.35. The number of nitrogens with zero attached hydrogens (tertiary/aromatic N) is 5. The molecule has 2 bridgehead atoms. The average molecular weight is 459 g/mol. The van der Waals surface area contributed by atoms with Gasteiger partial charge >= 0.3 is 0 Å². The fourth-order valence-corrected chi connectivity index (χ4v) is 4.89. The number of benzene rings is 1. The second-order valence-electron chi connectivity index (χ2n) is 9.08. The van der Waals surface area contributed by atoms with Gasteiger partial charge in [0, 0.05) is 69.0 Å². The van der Waals surface area contributed by atoms with Gasteiger partial charge in [0.25, 0.3) is 17.4 Å². The van der Waals surface area contributed by atoms with E-state index in [0.29, 0.717) is 25.2 Å². The van der Waals surface area contributed by atoms with E-state index in [1.165, 1.54) is 18.6 Å². The first kappa shape index (κ1) is 21.8. The van der Waals surface area contributed by atoms with Gasteiger partial charge in [0.15, 0.2) is 0 Å². The van der Waals surface area contributed by atoms with Crippen LogP contribution in [0.4, 0.5) is 11.4 Å². The predicted molar refractivity (Wildman–Crippen MR) is 128 cm³/mol. The first-order chi connectivity index (χ1) is 16.4. The van der Waals surface area contributed by atoms with Crippen LogP contribution in [-0.4, -0.2) is 58.4 Å². The number of nitrogens with one attached hydrogen (secondary N) is 1. The van der Waals surface area contributed by atoms with E-state index in [4.69, 9.17) is 0 Å². The third-order valence-electron chi connectivity index (χ3n) is 6.57. The highest BCUT2D eigenvalue weighted by molar-refractivity contribution is 6.02. The van der Waals surface area contributed by atoms with Crippen LogP contribution in [0.5, 0.6) is 0 Å². The van der Waals surface area contributed by atoms with Gasteiger partial charge in [-0.2, -0.15) is 0 Å². The third kappa shape index (κ3) is 4.05. The Morgan fingerprint density at radius 1 is 1.03 bits per heavy atom. The van der Waals surface area contributed by atoms with Crippen molar-refractivity contribution in [1.29, 1.82) is 0 Å². The molecule has 2 amide bonds. The van der Waals surface area contributed by atoms with Gasteiger partial charge in [0.1, 0.15) is 11.4 Å². The molecule has 2 aliphatic heterocycles. The molecule has 1 saturated heterocycles. The van der Waals surface area contributed by atoms with Crippen molar-refractivity contribution in [1.82, 2.24) is 19.4 Å². The van der Waals surface area contributed by atoms with Gasteiger partial charge < -0.3 is 19.7 Å². The lowest BCUT2D eigenvalue weighted by molar-refractivity contribution is 0.0594. The van der Waals surface area contributed by atoms with Crippen LogP contribution in [0.1, 0.15) is 38.9 Å². The smallest absolute Gasteiger partial charge is 0.276 e. The van der Waals surface area contributed by atoms with E-state index in [2.05, 4.69) is 15.3 Å². The molecule has 9 heteroatoms. The van der Waals surface area contributed by atoms with Crippen molar-refractivity contribution < 1.29 is 9.59 Å². The number of carbonyl (C=O) groups excluding carboxylic acids is 2. The van der Waals surface area contributed by atoms with Gasteiger partial charge in [-0.3, -0.25) is 19.4 Å². The number of hydrogen-bond donors (Lipinski definition) is 1. The number of likely N-dealkylation sites (tertiary alicyclic amines) is 1. The van der Waals surface area contributed by atoms with Crippen molar-refractivity contribution in [3.63, 3.8) is 0 Å². The lowest BCUT2D eigenvalue weighted by Gasteiger charge is -2.43. The van der Waals surface area contributed by atoms with Crippen LogP contribution in [0, 0.1) is 5.92 Å². The van der Waals surface area contributed by atoms with E-state index >= 15 is 0 Å². The summed E-state index contributed by atoms with van der Waals surface area (Å²) in [7, 11) is 3.93. The summed E-state index contributed by atoms with van der Waals surface area (Å²) in [5, 5.41) is 2.66. The molecular formula is C25H26N6O3. The van der Waals surface area contributed by atoms with E-state index in [1.807, 2.05) is 54.2 Å². The molecule has 2 aliphatic rings. The summed E-state index contributed by atoms with van der Waals surface area (Å²) >= 11 is 0. The second-order valence-corrected chi connectivity index (χ2v) is 9.08. The Morgan fingerprint density at radius 3 is 2.53 bits per heavy atom. The molecule has 0 unspecified atom stereocenters. The monoisotopic (exact) mass is 458 g/mol. The summed E-state index contributed by atoms with van der Waals surface area (Å²) in [6, 6.07) is 11.2. The number of aromatic nitrogens is 3. The van der Waals surface area contributed by atoms with Crippen LogP contribution < -0.4 is 15.8 Å². The Labute approximate surface area is 197 Å². The van der Waals surface area contributed by atoms with Crippen LogP contribution in [0.3, 0.4) is 0 Å². The van der Waals surface area contributed by atoms with Crippen LogP contribution in [0.15, 0.2) is 59.8 Å². The fourth-order valence-electron chi connectivity index (χ4n) is 4.89. The number of amides is 2. The van der Waals surface area contributed by atoms with Crippen molar-refractivity contribution in [3.05, 3.63) is 82.3 Å². The molecule has 34 heavy (non-hydrogen) atoms. The summed E-state index contributed by atoms with van der Waals surface area (Å²) < 4.78 is 1.75. The molecule has 1 fully saturated rings. The number of rotatable bonds is 4. The van der Waals surface area contributed by atoms with Crippen LogP contribution in [-0.2, 0) is 6.54 Å². The zero-order valence-electron chi connectivity index (χ0n) is 19.1. The largest absolute Gasteiger partial charge is 0.378 e. The van der Waals surface area contributed by atoms with Crippen molar-refractivity contribution >= 4 is 23.2 Å². The quantitative estimate of drug-likeness (QED) is 0.644. The number of piperidine rings is 1. The molecule has 0 aliphatic carbocycles. The lowest BCUT2D eigenvalue weighted by Crippen LogP contribution is -2.49. The molecule has 5 rings (SSSR count). The summed E-state index contributed by atoms with van der Waals surface area (Å²) in [6.45, 7) is 1.69. The van der Waals surface area contributed by atoms with Crippen molar-refractivity contribution in [2.24, 2.45) is 5.92 Å². The van der Waals surface area contributed by atoms with Crippen LogP contribution in [0.2, 0.25) is 0 Å². The first-order valence-corrected chi connectivity index (χ1v) is 11.3. The van der Waals surface area contributed by atoms with Crippen molar-refractivity contribution in [2.45, 2.75) is 18.9 Å². The zero-order chi connectivity index (χ0) is 23.8. The maximum Gasteiger partial charge on any atom is 0.276 e. The van der Waals surface area contributed by atoms with Gasteiger partial charge in [-0.15, -0.1) is 0 Å². The molecular weight excluding hydrogens is 432 g/mol. The number of hydrogen-bond acceptors (Lipinski definition) is 6. The first-order valence-electron chi connectivity index (χ1n) is 11.3. The molecule has 0 saturated carbocycles. The molecule has 0 spiro atoms. The zero-order valence-corrected chi connectivity index (χ0v) is 19.1. The summed E-state index contributed by atoms with van der Waals surface area (Å²) in [6.07, 6.45) is 5.21. The normalized spacial score (nSPS) is 18.7. The predicted octanol–water partition coefficient (Wildman–Crippen LogP) is 2.22. The van der Waals surface area contributed by atoms with Gasteiger partial charge in [-0.1, -0.05) is 0 Å². The maximum absolute atomic E-state index is 13.2. The highest BCUT2D eigenvalue weighted by Crippen LogP contribution is 2.36. The van der Waals surface area contributed by atoms with Crippen molar-refractivity contribution in [2.75, 3.05) is 37.4 Å². The molecule has 2 aromatic heterocycles. The maximum atomic E-state index is 13.2. The molecule has 1 N–H and O–H groups in total. The number of fused-ring (bicyclic) bond motifs is 4. The molecule has 2 atom stereocenters. The topological polar surface area (TPSA) is 100 Å². The Bertz CT molecular complexity index is 1290. The van der Waals surface area contributed by atoms with E-state index in [9.17, 15) is 14.4 Å². The molecule has 0 radical (unpaired) electrons. The number of pyridine rings is 1. The Kier molecular flexibility index (Phi) is 5.61. The van der Waals surface area contributed by atoms with Gasteiger partial charge in [-0.25, -0.2) is 4.98 Å². The molecule has 9 nitrogen and oxygen atoms in total. The minimum absolute atomic E-state index is 0.0173. The average Bonchev–Trinajstić information content (AvgIpc) is 2.86. The molecule has 174 valence electrons. The lowest BCUT2D eigenvalue weighted by atomic mass is 9.83. The molecule has 4 heterocycles. The molecule has 1 aromatic carbocycles. The van der Waals surface area contributed by atoms with Gasteiger partial charge in [-0.05, 0) is 48.7 Å². The number of anilines is 2. The molecule has 3 aromatic rings. The van der Waals surface area contributed by atoms with Crippen molar-refractivity contribution in [3.8, 4) is 0 Å². The Morgan fingerprint density at radius 2 is 1.82 bits per heavy atom. The van der Waals surface area contributed by atoms with E-state index in [1.54, 1.807) is 10.6 Å². The van der Waals surface area contributed by atoms with Crippen LogP contribution in [0.25, 0.3) is 0 Å². The van der Waals surface area contributed by atoms with Gasteiger partial charge in [0.05, 0.1) is 6.20 Å². The highest BCUT2D eigenvalue weighted by atomic mass is 16.2. The second kappa shape index (κ2) is 8.74. The SMILES string of the molecule is CN(C)c1ccc(C(=O)N2C[C@@H]3C[C@H](C2)c2ccc(NC(=O)c4cnccn4)c(=O)n2C3)cc1. The van der Waals surface area contributed by atoms with Crippen LogP contribution >= 0.6 is 0 Å². The number of carbonyl (C=O) groups is 2. The third-order valence-corrected chi connectivity index (χ3v) is 6.57. The standard InChI is InChI=1S/C25H26N6O3/c1-29(2)19-5-3-17(4-6-19)24(33)30-13-16-11-18(15-30)22-8-7-20(25(34)31(22)14-16)28-23(32)21-12-26-9-10-27-21/h3-10,12,16,18H,11,13-15H2,1-2H3,(H,28,32)/t16-,18+/m0/s1.